The Balaban J connectivity index is 1.85. The molecule has 164 valence electrons. The Labute approximate surface area is 195 Å². The Hall–Kier alpha value is -2.62. The number of pyridine rings is 1. The van der Waals surface area contributed by atoms with E-state index in [1.54, 1.807) is 31.6 Å². The minimum atomic E-state index is -1.41. The first-order valence-electron chi connectivity index (χ1n) is 10.2. The van der Waals surface area contributed by atoms with Crippen molar-refractivity contribution in [2.75, 3.05) is 32.1 Å². The van der Waals surface area contributed by atoms with Gasteiger partial charge in [0.15, 0.2) is 5.54 Å². The molecule has 0 radical (unpaired) electrons. The number of fused-ring (bicyclic) bond motifs is 3. The summed E-state index contributed by atoms with van der Waals surface area (Å²) in [5.41, 5.74) is 0.565. The Morgan fingerprint density at radius 3 is 2.66 bits per heavy atom. The highest BCUT2D eigenvalue weighted by Crippen LogP contribution is 2.66. The first-order valence-corrected chi connectivity index (χ1v) is 11.4. The zero-order valence-electron chi connectivity index (χ0n) is 17.6. The largest absolute Gasteiger partial charge is 0.313 e. The van der Waals surface area contributed by atoms with Gasteiger partial charge in [-0.3, -0.25) is 24.4 Å². The fourth-order valence-electron chi connectivity index (χ4n) is 5.55. The molecule has 0 bridgehead atoms. The van der Waals surface area contributed by atoms with Gasteiger partial charge < -0.3 is 4.90 Å². The fourth-order valence-corrected chi connectivity index (χ4v) is 7.70. The lowest BCUT2D eigenvalue weighted by molar-refractivity contribution is -0.138. The van der Waals surface area contributed by atoms with Crippen molar-refractivity contribution in [1.29, 1.82) is 0 Å². The summed E-state index contributed by atoms with van der Waals surface area (Å²) in [4.78, 5) is 37.3. The van der Waals surface area contributed by atoms with Gasteiger partial charge in [-0.15, -0.1) is 6.58 Å². The van der Waals surface area contributed by atoms with Crippen molar-refractivity contribution >= 4 is 45.8 Å². The van der Waals surface area contributed by atoms with Gasteiger partial charge in [-0.2, -0.15) is 0 Å². The number of benzene rings is 1. The molecule has 0 aliphatic carbocycles. The highest BCUT2D eigenvalue weighted by atomic mass is 32.2. The average Bonchev–Trinajstić information content (AvgIpc) is 3.28. The summed E-state index contributed by atoms with van der Waals surface area (Å²) in [6.07, 6.45) is 4.97. The molecule has 0 N–H and O–H groups in total. The second-order valence-corrected chi connectivity index (χ2v) is 10.1. The maximum atomic E-state index is 14.5. The molecule has 3 atom stereocenters. The number of likely N-dealkylation sites (N-methyl/N-ethyl adjacent to an activating group) is 2. The number of anilines is 1. The zero-order chi connectivity index (χ0) is 22.8. The maximum absolute atomic E-state index is 14.5. The van der Waals surface area contributed by atoms with Gasteiger partial charge in [-0.25, -0.2) is 4.39 Å². The molecule has 2 fully saturated rings. The number of aromatic nitrogens is 1. The monoisotopic (exact) mass is 468 g/mol. The normalized spacial score (nSPS) is 29.6. The molecule has 5 rings (SSSR count). The van der Waals surface area contributed by atoms with Crippen LogP contribution in [0.5, 0.6) is 0 Å². The molecule has 4 heterocycles. The van der Waals surface area contributed by atoms with E-state index in [-0.39, 0.29) is 24.3 Å². The predicted octanol–water partition coefficient (Wildman–Crippen LogP) is 2.91. The molecule has 0 saturated carbocycles. The first-order chi connectivity index (χ1) is 15.3. The molecule has 2 amide bonds. The number of likely N-dealkylation sites (tertiary alicyclic amines) is 1. The standard InChI is InChI=1S/C23H21FN4O2S2/c1-4-11-28-20(30)23(32-21(28)31)17(14-7-9-25-10-8-14)13-26(2)22(23)16-12-15(24)5-6-18(16)27(3)19(22)29/h4-10,12,17H,1,11,13H2,2-3H3/t17-,22+,23-/m1/s1. The summed E-state index contributed by atoms with van der Waals surface area (Å²) < 4.78 is 13.6. The highest BCUT2D eigenvalue weighted by Gasteiger charge is 2.78. The topological polar surface area (TPSA) is 56.8 Å². The van der Waals surface area contributed by atoms with Crippen LogP contribution in [0.1, 0.15) is 17.0 Å². The molecule has 3 aliphatic heterocycles. The minimum Gasteiger partial charge on any atom is -0.313 e. The van der Waals surface area contributed by atoms with Crippen LogP contribution in [-0.4, -0.2) is 62.9 Å². The second-order valence-electron chi connectivity index (χ2n) is 8.26. The summed E-state index contributed by atoms with van der Waals surface area (Å²) in [6, 6.07) is 8.05. The van der Waals surface area contributed by atoms with Crippen LogP contribution in [-0.2, 0) is 15.1 Å². The van der Waals surface area contributed by atoms with Crippen LogP contribution in [0.2, 0.25) is 0 Å². The molecule has 32 heavy (non-hydrogen) atoms. The van der Waals surface area contributed by atoms with Crippen LogP contribution in [0.3, 0.4) is 0 Å². The first kappa shape index (κ1) is 21.2. The number of hydrogen-bond donors (Lipinski definition) is 0. The van der Waals surface area contributed by atoms with Crippen molar-refractivity contribution in [3.05, 3.63) is 72.3 Å². The van der Waals surface area contributed by atoms with E-state index in [1.807, 2.05) is 24.1 Å². The van der Waals surface area contributed by atoms with Gasteiger partial charge in [-0.05, 0) is 42.9 Å². The van der Waals surface area contributed by atoms with E-state index in [2.05, 4.69) is 11.6 Å². The smallest absolute Gasteiger partial charge is 0.254 e. The van der Waals surface area contributed by atoms with Crippen molar-refractivity contribution in [2.24, 2.45) is 0 Å². The van der Waals surface area contributed by atoms with Gasteiger partial charge in [-0.1, -0.05) is 30.1 Å². The lowest BCUT2D eigenvalue weighted by Crippen LogP contribution is -2.62. The quantitative estimate of drug-likeness (QED) is 0.510. The third kappa shape index (κ3) is 2.39. The van der Waals surface area contributed by atoms with E-state index in [4.69, 9.17) is 12.2 Å². The summed E-state index contributed by atoms with van der Waals surface area (Å²) in [5, 5.41) is 0. The van der Waals surface area contributed by atoms with Crippen LogP contribution in [0.25, 0.3) is 0 Å². The Morgan fingerprint density at radius 1 is 1.25 bits per heavy atom. The molecular formula is C23H21FN4O2S2. The summed E-state index contributed by atoms with van der Waals surface area (Å²) in [7, 11) is 3.49. The number of amides is 2. The van der Waals surface area contributed by atoms with Crippen molar-refractivity contribution in [3.63, 3.8) is 0 Å². The van der Waals surface area contributed by atoms with Crippen molar-refractivity contribution in [1.82, 2.24) is 14.8 Å². The van der Waals surface area contributed by atoms with Crippen LogP contribution in [0.4, 0.5) is 10.1 Å². The van der Waals surface area contributed by atoms with Crippen LogP contribution in [0, 0.1) is 5.82 Å². The van der Waals surface area contributed by atoms with E-state index in [0.717, 1.165) is 5.56 Å². The minimum absolute atomic E-state index is 0.245. The van der Waals surface area contributed by atoms with Crippen LogP contribution >= 0.6 is 24.0 Å². The lowest BCUT2D eigenvalue weighted by atomic mass is 9.72. The van der Waals surface area contributed by atoms with Gasteiger partial charge >= 0.3 is 0 Å². The van der Waals surface area contributed by atoms with E-state index >= 15 is 0 Å². The Morgan fingerprint density at radius 2 is 1.97 bits per heavy atom. The number of hydrogen-bond acceptors (Lipinski definition) is 6. The maximum Gasteiger partial charge on any atom is 0.254 e. The predicted molar refractivity (Wildman–Crippen MR) is 126 cm³/mol. The molecular weight excluding hydrogens is 447 g/mol. The van der Waals surface area contributed by atoms with Gasteiger partial charge in [0.2, 0.25) is 5.91 Å². The third-order valence-corrected chi connectivity index (χ3v) is 8.77. The van der Waals surface area contributed by atoms with Crippen molar-refractivity contribution in [3.8, 4) is 0 Å². The average molecular weight is 469 g/mol. The zero-order valence-corrected chi connectivity index (χ0v) is 19.3. The molecule has 9 heteroatoms. The van der Waals surface area contributed by atoms with Crippen LogP contribution in [0.15, 0.2) is 55.4 Å². The Kier molecular flexibility index (Phi) is 4.77. The van der Waals surface area contributed by atoms with Gasteiger partial charge in [0.05, 0.1) is 0 Å². The lowest BCUT2D eigenvalue weighted by Gasteiger charge is -2.42. The van der Waals surface area contributed by atoms with Gasteiger partial charge in [0.25, 0.3) is 5.91 Å². The van der Waals surface area contributed by atoms with Crippen molar-refractivity contribution < 1.29 is 14.0 Å². The van der Waals surface area contributed by atoms with Crippen molar-refractivity contribution in [2.45, 2.75) is 16.2 Å². The number of thioether (sulfide) groups is 1. The number of halogens is 1. The Bertz CT molecular complexity index is 1180. The van der Waals surface area contributed by atoms with E-state index in [9.17, 15) is 14.0 Å². The third-order valence-electron chi connectivity index (χ3n) is 6.83. The van der Waals surface area contributed by atoms with Gasteiger partial charge in [0.1, 0.15) is 14.9 Å². The summed E-state index contributed by atoms with van der Waals surface area (Å²) >= 11 is 6.87. The number of carbonyl (C=O) groups is 2. The molecule has 6 nitrogen and oxygen atoms in total. The molecule has 1 aromatic heterocycles. The van der Waals surface area contributed by atoms with Crippen LogP contribution < -0.4 is 4.90 Å². The fraction of sp³-hybridized carbons (Fsp3) is 0.304. The number of carbonyl (C=O) groups excluding carboxylic acids is 2. The van der Waals surface area contributed by atoms with Gasteiger partial charge in [0, 0.05) is 49.7 Å². The molecule has 0 unspecified atom stereocenters. The number of thiocarbonyl (C=S) groups is 1. The highest BCUT2D eigenvalue weighted by molar-refractivity contribution is 8.25. The molecule has 2 aromatic rings. The number of rotatable bonds is 3. The summed E-state index contributed by atoms with van der Waals surface area (Å²) in [5.74, 6) is -1.34. The SMILES string of the molecule is C=CCN1C(=O)[C@]2(SC1=S)[C@@H](c1ccncc1)CN(C)[C@@]21C(=O)N(C)c2ccc(F)cc21. The molecule has 3 aliphatic rings. The summed E-state index contributed by atoms with van der Waals surface area (Å²) in [6.45, 7) is 4.42. The molecule has 1 aromatic carbocycles. The van der Waals surface area contributed by atoms with E-state index in [1.165, 1.54) is 33.7 Å². The van der Waals surface area contributed by atoms with E-state index < -0.39 is 16.1 Å². The second kappa shape index (κ2) is 7.19. The van der Waals surface area contributed by atoms with E-state index in [0.29, 0.717) is 22.1 Å². The number of nitrogens with zero attached hydrogens (tertiary/aromatic N) is 4. The molecule has 2 spiro atoms. The molecule has 2 saturated heterocycles.